The highest BCUT2D eigenvalue weighted by Crippen LogP contribution is 2.13. The standard InChI is InChI=1S/C6H15N.C4H7NO5S.C4H4O2.C3H9N.3CH4.H3NO3S.6H2/c1-4-7(5-2)6-3;1-3(6)2-4(7)5-11(8,9)10;1-3-2-4(5)6-3;1-4(2)3;;;;1-5(2,3)4;;;;;;/h4-6H2,1-3H3;2H2,1H3,(H,5,7)(H,8,9,10);1-2H2;1-3H3;3*1H4;(H3,1,2,3,4);6*1H. The second-order valence-corrected chi connectivity index (χ2v) is 8.95. The zero-order chi connectivity index (χ0) is 27.4. The maximum absolute atomic E-state index is 10.4. The third kappa shape index (κ3) is 69.7. The Bertz CT molecular complexity index is 782. The molecule has 1 aliphatic heterocycles. The molecule has 0 unspecified atom stereocenters. The molecule has 0 bridgehead atoms. The maximum atomic E-state index is 10.4. The molecule has 1 rings (SSSR count). The van der Waals surface area contributed by atoms with Gasteiger partial charge in [0, 0.05) is 8.56 Å². The molecule has 0 aromatic carbocycles. The van der Waals surface area contributed by atoms with Crippen molar-refractivity contribution in [2.75, 3.05) is 40.8 Å². The predicted octanol–water partition coefficient (Wildman–Crippen LogP) is -0.530. The lowest BCUT2D eigenvalue weighted by Gasteiger charge is -2.12. The molecule has 0 aromatic rings. The molecule has 16 heteroatoms. The van der Waals surface area contributed by atoms with E-state index in [0.29, 0.717) is 12.2 Å². The fraction of sp³-hybridized carbons (Fsp3) is 0.750. The highest BCUT2D eigenvalue weighted by molar-refractivity contribution is 7.84. The van der Waals surface area contributed by atoms with Crippen LogP contribution in [0.5, 0.6) is 0 Å². The summed E-state index contributed by atoms with van der Waals surface area (Å²) in [6, 6.07) is 0. The van der Waals surface area contributed by atoms with E-state index in [1.807, 2.05) is 0 Å². The molecule has 1 heterocycles. The molecule has 234 valence electrons. The van der Waals surface area contributed by atoms with Crippen molar-refractivity contribution >= 4 is 38.3 Å². The normalized spacial score (nSPS) is 11.1. The van der Waals surface area contributed by atoms with E-state index in [1.165, 1.54) is 24.5 Å². The van der Waals surface area contributed by atoms with E-state index in [9.17, 15) is 27.4 Å². The molecule has 1 saturated heterocycles. The summed E-state index contributed by atoms with van der Waals surface area (Å²) in [4.78, 5) is 33.5. The molecule has 0 atom stereocenters. The van der Waals surface area contributed by atoms with Gasteiger partial charge in [-0.3, -0.25) is 19.1 Å². The number of ketones is 1. The van der Waals surface area contributed by atoms with Crippen LogP contribution in [0.15, 0.2) is 12.3 Å². The van der Waals surface area contributed by atoms with Crippen molar-refractivity contribution in [2.24, 2.45) is 5.14 Å². The SMILES string of the molecule is C.C.C.C=C1CC(=O)O1.CC(=O)CC(=O)NS(=O)(=O)[O-].CC[NH+](CC)CC.C[NH+](C)C.NS(=O)(=O)[O-].[HH].[HH].[HH].[HH].[HH].[HH]. The third-order valence-electron chi connectivity index (χ3n) is 2.75. The topological polar surface area (TPSA) is 222 Å². The minimum absolute atomic E-state index is 0. The first-order chi connectivity index (χ1) is 14.7. The number of rotatable bonds is 6. The minimum atomic E-state index is -4.77. The Morgan fingerprint density at radius 1 is 1.03 bits per heavy atom. The van der Waals surface area contributed by atoms with Gasteiger partial charge in [-0.25, -0.2) is 22.0 Å². The van der Waals surface area contributed by atoms with Gasteiger partial charge in [-0.15, -0.1) is 0 Å². The summed E-state index contributed by atoms with van der Waals surface area (Å²) < 4.78 is 61.4. The summed E-state index contributed by atoms with van der Waals surface area (Å²) in [6.45, 7) is 15.0. The number of cyclic esters (lactones) is 1. The van der Waals surface area contributed by atoms with Crippen LogP contribution in [0.2, 0.25) is 0 Å². The Morgan fingerprint density at radius 3 is 1.39 bits per heavy atom. The number of nitrogens with one attached hydrogen (secondary N) is 3. The van der Waals surface area contributed by atoms with Crippen molar-refractivity contribution in [2.45, 2.75) is 62.8 Å². The zero-order valence-electron chi connectivity index (χ0n) is 20.2. The zero-order valence-corrected chi connectivity index (χ0v) is 21.9. The Morgan fingerprint density at radius 2 is 1.31 bits per heavy atom. The highest BCUT2D eigenvalue weighted by atomic mass is 32.2. The fourth-order valence-electron chi connectivity index (χ4n) is 1.47. The van der Waals surface area contributed by atoms with Crippen molar-refractivity contribution in [3.63, 3.8) is 0 Å². The Hall–Kier alpha value is -1.95. The number of amides is 1. The number of ether oxygens (including phenoxy) is 1. The smallest absolute Gasteiger partial charge is 0.318 e. The van der Waals surface area contributed by atoms with Gasteiger partial charge < -0.3 is 23.6 Å². The third-order valence-corrected chi connectivity index (χ3v) is 3.23. The Balaban J connectivity index is -0.0000000223. The number of hydrogen-bond acceptors (Lipinski definition) is 10. The lowest BCUT2D eigenvalue weighted by Crippen LogP contribution is -3.11. The van der Waals surface area contributed by atoms with Crippen LogP contribution < -0.4 is 19.7 Å². The quantitative estimate of drug-likeness (QED) is 0.178. The molecule has 14 nitrogen and oxygen atoms in total. The minimum Gasteiger partial charge on any atom is -0.736 e. The van der Waals surface area contributed by atoms with Gasteiger partial charge in [-0.1, -0.05) is 28.9 Å². The van der Waals surface area contributed by atoms with Crippen molar-refractivity contribution < 1.29 is 63.4 Å². The van der Waals surface area contributed by atoms with Crippen LogP contribution in [0.1, 0.15) is 71.4 Å². The van der Waals surface area contributed by atoms with Gasteiger partial charge in [-0.05, 0) is 27.7 Å². The molecule has 0 aliphatic carbocycles. The van der Waals surface area contributed by atoms with Crippen LogP contribution in [0.3, 0.4) is 0 Å². The van der Waals surface area contributed by atoms with E-state index >= 15 is 0 Å². The summed E-state index contributed by atoms with van der Waals surface area (Å²) in [6.07, 6.45) is -0.179. The van der Waals surface area contributed by atoms with Crippen molar-refractivity contribution in [3.8, 4) is 0 Å². The molecule has 1 fully saturated rings. The molecular formula is C20H62N4O10S2. The first-order valence-corrected chi connectivity index (χ1v) is 12.5. The van der Waals surface area contributed by atoms with Gasteiger partial charge in [0.1, 0.15) is 18.0 Å². The fourth-order valence-corrected chi connectivity index (χ4v) is 1.82. The van der Waals surface area contributed by atoms with E-state index in [2.05, 4.69) is 58.4 Å². The highest BCUT2D eigenvalue weighted by Gasteiger charge is 2.17. The molecule has 36 heavy (non-hydrogen) atoms. The van der Waals surface area contributed by atoms with Crippen LogP contribution in [-0.2, 0) is 39.7 Å². The molecule has 0 radical (unpaired) electrons. The monoisotopic (exact) mass is 582 g/mol. The Labute approximate surface area is 227 Å². The Kier molecular flexibility index (Phi) is 39.0. The van der Waals surface area contributed by atoms with Gasteiger partial charge in [0.25, 0.3) is 0 Å². The van der Waals surface area contributed by atoms with Gasteiger partial charge in [0.2, 0.25) is 5.91 Å². The number of Topliss-reactive ketones (excluding diaryl/α,β-unsaturated/α-hetero) is 1. The lowest BCUT2D eigenvalue weighted by molar-refractivity contribution is -0.894. The molecule has 5 N–H and O–H groups in total. The number of carbonyl (C=O) groups is 3. The second kappa shape index (κ2) is 27.6. The van der Waals surface area contributed by atoms with Crippen molar-refractivity contribution in [1.29, 1.82) is 0 Å². The molecule has 0 aromatic heterocycles. The summed E-state index contributed by atoms with van der Waals surface area (Å²) >= 11 is 0. The molecule has 0 saturated carbocycles. The molecule has 0 spiro atoms. The second-order valence-electron chi connectivity index (χ2n) is 6.85. The average molecular weight is 583 g/mol. The van der Waals surface area contributed by atoms with E-state index in [-0.39, 0.29) is 36.8 Å². The van der Waals surface area contributed by atoms with Crippen LogP contribution >= 0.6 is 0 Å². The number of carbonyl (C=O) groups excluding carboxylic acids is 3. The summed E-state index contributed by atoms with van der Waals surface area (Å²) in [5.74, 6) is -1.20. The van der Waals surface area contributed by atoms with Gasteiger partial charge in [0.05, 0.1) is 47.2 Å². The molecule has 1 amide bonds. The van der Waals surface area contributed by atoms with Gasteiger partial charge >= 0.3 is 5.97 Å². The number of esters is 1. The van der Waals surface area contributed by atoms with Crippen LogP contribution in [-0.4, -0.2) is 84.4 Å². The predicted molar refractivity (Wildman–Crippen MR) is 151 cm³/mol. The molecule has 1 aliphatic rings. The number of quaternary nitrogens is 2. The van der Waals surface area contributed by atoms with Gasteiger partial charge in [0.15, 0.2) is 20.6 Å². The summed E-state index contributed by atoms with van der Waals surface area (Å²) in [5.41, 5.74) is 0. The summed E-state index contributed by atoms with van der Waals surface area (Å²) in [7, 11) is -2.94. The van der Waals surface area contributed by atoms with E-state index in [1.54, 1.807) is 4.90 Å². The number of nitrogens with two attached hydrogens (primary N) is 1. The first kappa shape index (κ1) is 50.8. The van der Waals surface area contributed by atoms with Crippen molar-refractivity contribution in [1.82, 2.24) is 4.72 Å². The van der Waals surface area contributed by atoms with Crippen LogP contribution in [0.25, 0.3) is 0 Å². The average Bonchev–Trinajstić information content (AvgIpc) is 2.52. The van der Waals surface area contributed by atoms with Crippen LogP contribution in [0.4, 0.5) is 0 Å². The van der Waals surface area contributed by atoms with E-state index in [4.69, 9.17) is 13.0 Å². The maximum Gasteiger partial charge on any atom is 0.318 e. The molecular weight excluding hydrogens is 520 g/mol. The van der Waals surface area contributed by atoms with E-state index in [0.717, 1.165) is 11.6 Å². The van der Waals surface area contributed by atoms with E-state index < -0.39 is 38.7 Å². The first-order valence-electron chi connectivity index (χ1n) is 9.66. The van der Waals surface area contributed by atoms with Crippen LogP contribution in [0, 0.1) is 0 Å². The lowest BCUT2D eigenvalue weighted by atomic mass is 10.3. The largest absolute Gasteiger partial charge is 0.736 e. The summed E-state index contributed by atoms with van der Waals surface area (Å²) in [5, 5.41) is 3.77. The van der Waals surface area contributed by atoms with Crippen molar-refractivity contribution in [3.05, 3.63) is 12.3 Å². The number of hydrogen-bond donors (Lipinski definition) is 4. The van der Waals surface area contributed by atoms with Gasteiger partial charge in [-0.2, -0.15) is 0 Å².